The Kier molecular flexibility index (Phi) is 10.5. The van der Waals surface area contributed by atoms with E-state index in [1.807, 2.05) is 31.0 Å². The average Bonchev–Trinajstić information content (AvgIpc) is 2.82. The molecule has 5 nitrogen and oxygen atoms in total. The van der Waals surface area contributed by atoms with Crippen molar-refractivity contribution in [2.24, 2.45) is 0 Å². The number of aromatic nitrogens is 1. The first-order valence-corrected chi connectivity index (χ1v) is 9.61. The summed E-state index contributed by atoms with van der Waals surface area (Å²) in [7, 11) is 0. The van der Waals surface area contributed by atoms with E-state index in [4.69, 9.17) is 0 Å². The Bertz CT molecular complexity index is 487. The molecule has 2 saturated heterocycles. The largest absolute Gasteiger partial charge is 0.344 e. The fourth-order valence-electron chi connectivity index (χ4n) is 2.97. The Labute approximate surface area is 152 Å². The normalized spacial score (nSPS) is 17.3. The van der Waals surface area contributed by atoms with Gasteiger partial charge in [-0.1, -0.05) is 33.3 Å². The van der Waals surface area contributed by atoms with Gasteiger partial charge in [0.2, 0.25) is 12.3 Å². The zero-order valence-corrected chi connectivity index (χ0v) is 16.0. The third kappa shape index (κ3) is 7.24. The van der Waals surface area contributed by atoms with Crippen molar-refractivity contribution < 1.29 is 9.59 Å². The van der Waals surface area contributed by atoms with Gasteiger partial charge in [-0.15, -0.1) is 0 Å². The molecule has 0 saturated carbocycles. The van der Waals surface area contributed by atoms with Gasteiger partial charge in [-0.3, -0.25) is 14.6 Å². The van der Waals surface area contributed by atoms with E-state index in [1.165, 1.54) is 18.4 Å². The number of hydrogen-bond acceptors (Lipinski definition) is 3. The summed E-state index contributed by atoms with van der Waals surface area (Å²) < 4.78 is 0. The molecule has 1 aromatic rings. The Morgan fingerprint density at radius 2 is 2.00 bits per heavy atom. The minimum Gasteiger partial charge on any atom is -0.344 e. The fourth-order valence-corrected chi connectivity index (χ4v) is 2.97. The lowest BCUT2D eigenvalue weighted by Crippen LogP contribution is -2.43. The van der Waals surface area contributed by atoms with Crippen molar-refractivity contribution in [2.45, 2.75) is 58.8 Å². The highest BCUT2D eigenvalue weighted by molar-refractivity contribution is 5.76. The van der Waals surface area contributed by atoms with Crippen molar-refractivity contribution in [3.05, 3.63) is 30.1 Å². The van der Waals surface area contributed by atoms with E-state index in [2.05, 4.69) is 18.0 Å². The van der Waals surface area contributed by atoms with E-state index in [1.54, 1.807) is 11.1 Å². The van der Waals surface area contributed by atoms with E-state index >= 15 is 0 Å². The van der Waals surface area contributed by atoms with Gasteiger partial charge in [0.25, 0.3) is 0 Å². The topological polar surface area (TPSA) is 53.5 Å². The molecule has 0 atom stereocenters. The second-order valence-corrected chi connectivity index (χ2v) is 6.23. The quantitative estimate of drug-likeness (QED) is 0.784. The van der Waals surface area contributed by atoms with Gasteiger partial charge in [-0.25, -0.2) is 0 Å². The standard InChI is InChI=1S/C9H10N2O.C9H17NO.C2H6/c12-7-11-5-9(6-11)8-2-1-3-10-4-8;1-2-7-10-8-5-3-4-6-9(10)11;1-2/h1-4,7,9H,5-6H2;2-8H2,1H3;1-2H3. The highest BCUT2D eigenvalue weighted by Crippen LogP contribution is 2.24. The minimum atomic E-state index is 0.365. The van der Waals surface area contributed by atoms with Crippen LogP contribution in [0.2, 0.25) is 0 Å². The molecule has 0 radical (unpaired) electrons. The number of amides is 2. The Hall–Kier alpha value is -1.91. The van der Waals surface area contributed by atoms with Crippen LogP contribution < -0.4 is 0 Å². The first kappa shape index (κ1) is 21.1. The number of pyridine rings is 1. The van der Waals surface area contributed by atoms with Crippen LogP contribution >= 0.6 is 0 Å². The SMILES string of the molecule is CC.CCCN1CCCCCC1=O.O=CN1CC(c2cccnc2)C1. The minimum absolute atomic E-state index is 0.365. The highest BCUT2D eigenvalue weighted by Gasteiger charge is 2.26. The van der Waals surface area contributed by atoms with Crippen molar-refractivity contribution in [2.75, 3.05) is 26.2 Å². The van der Waals surface area contributed by atoms with E-state index in [0.29, 0.717) is 11.8 Å². The van der Waals surface area contributed by atoms with Crippen LogP contribution in [0.15, 0.2) is 24.5 Å². The zero-order valence-electron chi connectivity index (χ0n) is 16.0. The van der Waals surface area contributed by atoms with Gasteiger partial charge >= 0.3 is 0 Å². The van der Waals surface area contributed by atoms with Crippen molar-refractivity contribution in [1.82, 2.24) is 14.8 Å². The molecule has 0 unspecified atom stereocenters. The van der Waals surface area contributed by atoms with Gasteiger partial charge in [-0.2, -0.15) is 0 Å². The van der Waals surface area contributed by atoms with Crippen LogP contribution in [-0.4, -0.2) is 53.3 Å². The Morgan fingerprint density at radius 3 is 2.60 bits per heavy atom. The molecule has 25 heavy (non-hydrogen) atoms. The monoisotopic (exact) mass is 347 g/mol. The molecule has 0 bridgehead atoms. The van der Waals surface area contributed by atoms with Crippen LogP contribution in [0.1, 0.15) is 64.4 Å². The molecule has 0 N–H and O–H groups in total. The number of likely N-dealkylation sites (tertiary alicyclic amines) is 2. The summed E-state index contributed by atoms with van der Waals surface area (Å²) in [5.41, 5.74) is 1.23. The van der Waals surface area contributed by atoms with E-state index in [9.17, 15) is 9.59 Å². The summed E-state index contributed by atoms with van der Waals surface area (Å²) in [6, 6.07) is 3.98. The van der Waals surface area contributed by atoms with Gasteiger partial charge < -0.3 is 9.80 Å². The number of hydrogen-bond donors (Lipinski definition) is 0. The van der Waals surface area contributed by atoms with E-state index in [0.717, 1.165) is 51.9 Å². The summed E-state index contributed by atoms with van der Waals surface area (Å²) in [5.74, 6) is 0.869. The molecule has 3 heterocycles. The van der Waals surface area contributed by atoms with Gasteiger partial charge in [0.05, 0.1) is 0 Å². The maximum Gasteiger partial charge on any atom is 0.222 e. The maximum absolute atomic E-state index is 11.3. The first-order valence-electron chi connectivity index (χ1n) is 9.61. The predicted molar refractivity (Wildman–Crippen MR) is 101 cm³/mol. The highest BCUT2D eigenvalue weighted by atomic mass is 16.2. The predicted octanol–water partition coefficient (Wildman–Crippen LogP) is 3.46. The summed E-state index contributed by atoms with van der Waals surface area (Å²) in [6.45, 7) is 9.76. The molecule has 3 rings (SSSR count). The lowest BCUT2D eigenvalue weighted by Gasteiger charge is -2.36. The average molecular weight is 348 g/mol. The molecule has 2 amide bonds. The van der Waals surface area contributed by atoms with Crippen molar-refractivity contribution >= 4 is 12.3 Å². The molecular formula is C20H33N3O2. The first-order chi connectivity index (χ1) is 12.2. The van der Waals surface area contributed by atoms with E-state index < -0.39 is 0 Å². The lowest BCUT2D eigenvalue weighted by molar-refractivity contribution is -0.130. The van der Waals surface area contributed by atoms with Gasteiger partial charge in [-0.05, 0) is 30.9 Å². The maximum atomic E-state index is 11.3. The molecule has 0 spiro atoms. The van der Waals surface area contributed by atoms with E-state index in [-0.39, 0.29) is 0 Å². The molecule has 140 valence electrons. The van der Waals surface area contributed by atoms with Gasteiger partial charge in [0.1, 0.15) is 0 Å². The van der Waals surface area contributed by atoms with Crippen LogP contribution in [0.25, 0.3) is 0 Å². The molecule has 0 aromatic carbocycles. The fraction of sp³-hybridized carbons (Fsp3) is 0.650. The molecule has 1 aromatic heterocycles. The smallest absolute Gasteiger partial charge is 0.222 e. The Morgan fingerprint density at radius 1 is 1.24 bits per heavy atom. The van der Waals surface area contributed by atoms with Crippen molar-refractivity contribution in [3.8, 4) is 0 Å². The summed E-state index contributed by atoms with van der Waals surface area (Å²) >= 11 is 0. The van der Waals surface area contributed by atoms with Crippen LogP contribution in [0, 0.1) is 0 Å². The van der Waals surface area contributed by atoms with Crippen molar-refractivity contribution in [3.63, 3.8) is 0 Å². The summed E-state index contributed by atoms with van der Waals surface area (Å²) in [5, 5.41) is 0. The van der Waals surface area contributed by atoms with Crippen LogP contribution in [0.5, 0.6) is 0 Å². The summed E-state index contributed by atoms with van der Waals surface area (Å²) in [6.07, 6.45) is 9.92. The van der Waals surface area contributed by atoms with Gasteiger partial charge in [0, 0.05) is 50.9 Å². The van der Waals surface area contributed by atoms with Crippen LogP contribution in [0.4, 0.5) is 0 Å². The third-order valence-corrected chi connectivity index (χ3v) is 4.38. The van der Waals surface area contributed by atoms with Gasteiger partial charge in [0.15, 0.2) is 0 Å². The van der Waals surface area contributed by atoms with Crippen LogP contribution in [0.3, 0.4) is 0 Å². The second kappa shape index (κ2) is 12.5. The molecule has 2 aliphatic rings. The molecule has 5 heteroatoms. The van der Waals surface area contributed by atoms with Crippen molar-refractivity contribution in [1.29, 1.82) is 0 Å². The Balaban J connectivity index is 0.000000229. The number of carbonyl (C=O) groups excluding carboxylic acids is 2. The zero-order chi connectivity index (χ0) is 18.5. The summed E-state index contributed by atoms with van der Waals surface area (Å²) in [4.78, 5) is 29.4. The second-order valence-electron chi connectivity index (χ2n) is 6.23. The number of nitrogens with zero attached hydrogens (tertiary/aromatic N) is 3. The molecule has 2 fully saturated rings. The molecular weight excluding hydrogens is 314 g/mol. The number of rotatable bonds is 4. The molecule has 2 aliphatic heterocycles. The van der Waals surface area contributed by atoms with Crippen LogP contribution in [-0.2, 0) is 9.59 Å². The molecule has 0 aliphatic carbocycles. The number of carbonyl (C=O) groups is 2. The third-order valence-electron chi connectivity index (χ3n) is 4.38. The lowest BCUT2D eigenvalue weighted by atomic mass is 9.94.